The molecule has 0 saturated carbocycles. The number of nitrogens with one attached hydrogen (secondary N) is 1. The van der Waals surface area contributed by atoms with Crippen molar-refractivity contribution in [2.75, 3.05) is 30.9 Å². The van der Waals surface area contributed by atoms with Gasteiger partial charge >= 0.3 is 12.2 Å². The number of ether oxygens (including phenoxy) is 1. The number of rotatable bonds is 7. The average molecular weight is 383 g/mol. The molecule has 1 fully saturated rings. The van der Waals surface area contributed by atoms with E-state index in [0.717, 1.165) is 32.4 Å². The van der Waals surface area contributed by atoms with E-state index in [4.69, 9.17) is 4.74 Å². The maximum atomic E-state index is 12.2. The monoisotopic (exact) mass is 383 g/mol. The second kappa shape index (κ2) is 8.13. The zero-order valence-corrected chi connectivity index (χ0v) is 14.5. The fourth-order valence-electron chi connectivity index (χ4n) is 2.29. The molecule has 0 aliphatic carbocycles. The van der Waals surface area contributed by atoms with Gasteiger partial charge in [-0.05, 0) is 19.3 Å². The third-order valence-corrected chi connectivity index (χ3v) is 4.90. The number of sulfonamides is 1. The van der Waals surface area contributed by atoms with Crippen LogP contribution in [0.3, 0.4) is 0 Å². The number of piperidine rings is 1. The first-order valence-electron chi connectivity index (χ1n) is 7.76. The van der Waals surface area contributed by atoms with E-state index in [9.17, 15) is 21.6 Å². The van der Waals surface area contributed by atoms with Gasteiger partial charge in [-0.2, -0.15) is 28.1 Å². The summed E-state index contributed by atoms with van der Waals surface area (Å²) in [5.74, 6) is -0.586. The molecule has 1 N–H and O–H groups in total. The molecule has 0 atom stereocenters. The topological polar surface area (TPSA) is 97.3 Å². The summed E-state index contributed by atoms with van der Waals surface area (Å²) >= 11 is 0. The SMILES string of the molecule is COc1nc(CNS(=O)(=O)CCC(F)(F)F)nc(N2CCCCC2)n1. The van der Waals surface area contributed by atoms with E-state index in [1.54, 1.807) is 0 Å². The molecular formula is C13H20F3N5O3S. The van der Waals surface area contributed by atoms with Crippen molar-refractivity contribution in [3.63, 3.8) is 0 Å². The number of aromatic nitrogens is 3. The second-order valence-electron chi connectivity index (χ2n) is 5.59. The summed E-state index contributed by atoms with van der Waals surface area (Å²) in [7, 11) is -2.73. The van der Waals surface area contributed by atoms with Crippen LogP contribution in [0.1, 0.15) is 31.5 Å². The van der Waals surface area contributed by atoms with E-state index in [1.807, 2.05) is 4.90 Å². The van der Waals surface area contributed by atoms with Crippen molar-refractivity contribution in [2.45, 2.75) is 38.4 Å². The number of halogens is 3. The van der Waals surface area contributed by atoms with Crippen molar-refractivity contribution in [1.82, 2.24) is 19.7 Å². The Morgan fingerprint density at radius 1 is 1.16 bits per heavy atom. The fraction of sp³-hybridized carbons (Fsp3) is 0.769. The maximum Gasteiger partial charge on any atom is 0.390 e. The summed E-state index contributed by atoms with van der Waals surface area (Å²) in [5, 5.41) is 0. The highest BCUT2D eigenvalue weighted by Gasteiger charge is 2.30. The van der Waals surface area contributed by atoms with Gasteiger partial charge in [-0.3, -0.25) is 0 Å². The smallest absolute Gasteiger partial charge is 0.390 e. The highest BCUT2D eigenvalue weighted by molar-refractivity contribution is 7.89. The number of hydrogen-bond acceptors (Lipinski definition) is 7. The Morgan fingerprint density at radius 3 is 2.44 bits per heavy atom. The van der Waals surface area contributed by atoms with Crippen molar-refractivity contribution in [3.05, 3.63) is 5.82 Å². The molecule has 0 unspecified atom stereocenters. The molecule has 1 aromatic heterocycles. The van der Waals surface area contributed by atoms with Crippen LogP contribution >= 0.6 is 0 Å². The van der Waals surface area contributed by atoms with Crippen molar-refractivity contribution in [3.8, 4) is 6.01 Å². The number of hydrogen-bond donors (Lipinski definition) is 1. The molecule has 0 radical (unpaired) electrons. The average Bonchev–Trinajstić information content (AvgIpc) is 2.58. The van der Waals surface area contributed by atoms with Gasteiger partial charge in [0.05, 0.1) is 25.8 Å². The Kier molecular flexibility index (Phi) is 6.38. The lowest BCUT2D eigenvalue weighted by molar-refractivity contribution is -0.129. The molecule has 8 nitrogen and oxygen atoms in total. The minimum atomic E-state index is -4.54. The molecule has 1 aliphatic heterocycles. The molecule has 1 aliphatic rings. The van der Waals surface area contributed by atoms with E-state index in [2.05, 4.69) is 19.7 Å². The van der Waals surface area contributed by atoms with Gasteiger partial charge in [0.1, 0.15) is 0 Å². The van der Waals surface area contributed by atoms with Crippen LogP contribution in [0.4, 0.5) is 19.1 Å². The summed E-state index contributed by atoms with van der Waals surface area (Å²) in [6, 6.07) is 0.0278. The molecular weight excluding hydrogens is 363 g/mol. The molecule has 0 bridgehead atoms. The molecule has 0 spiro atoms. The number of nitrogens with zero attached hydrogens (tertiary/aromatic N) is 4. The summed E-state index contributed by atoms with van der Waals surface area (Å²) in [6.07, 6.45) is -2.85. The summed E-state index contributed by atoms with van der Waals surface area (Å²) < 4.78 is 66.9. The standard InChI is InChI=1S/C13H20F3N5O3S/c1-24-12-19-10(9-17-25(22,23)8-5-13(14,15)16)18-11(20-12)21-6-3-2-4-7-21/h17H,2-9H2,1H3. The van der Waals surface area contributed by atoms with Crippen LogP contribution in [0, 0.1) is 0 Å². The minimum absolute atomic E-state index is 0.0278. The quantitative estimate of drug-likeness (QED) is 0.757. The van der Waals surface area contributed by atoms with Gasteiger partial charge in [0, 0.05) is 13.1 Å². The van der Waals surface area contributed by atoms with Gasteiger partial charge in [0.15, 0.2) is 5.82 Å². The summed E-state index contributed by atoms with van der Waals surface area (Å²) in [4.78, 5) is 14.2. The van der Waals surface area contributed by atoms with Crippen LogP contribution in [-0.4, -0.2) is 55.5 Å². The second-order valence-corrected chi connectivity index (χ2v) is 7.52. The van der Waals surface area contributed by atoms with Crippen LogP contribution in [0.2, 0.25) is 0 Å². The Labute approximate surface area is 143 Å². The first-order chi connectivity index (χ1) is 11.7. The first-order valence-corrected chi connectivity index (χ1v) is 9.42. The number of alkyl halides is 3. The van der Waals surface area contributed by atoms with Gasteiger partial charge in [-0.25, -0.2) is 13.1 Å². The third-order valence-electron chi connectivity index (χ3n) is 3.58. The molecule has 25 heavy (non-hydrogen) atoms. The largest absolute Gasteiger partial charge is 0.467 e. The lowest BCUT2D eigenvalue weighted by atomic mass is 10.1. The summed E-state index contributed by atoms with van der Waals surface area (Å²) in [6.45, 7) is 1.20. The van der Waals surface area contributed by atoms with Gasteiger partial charge in [-0.1, -0.05) is 0 Å². The fourth-order valence-corrected chi connectivity index (χ4v) is 3.28. The molecule has 0 amide bonds. The predicted molar refractivity (Wildman–Crippen MR) is 83.7 cm³/mol. The van der Waals surface area contributed by atoms with E-state index in [-0.39, 0.29) is 18.4 Å². The van der Waals surface area contributed by atoms with Gasteiger partial charge < -0.3 is 9.64 Å². The molecule has 0 aromatic carbocycles. The van der Waals surface area contributed by atoms with Crippen LogP contribution < -0.4 is 14.4 Å². The Bertz CT molecular complexity index is 678. The van der Waals surface area contributed by atoms with E-state index in [0.29, 0.717) is 5.95 Å². The van der Waals surface area contributed by atoms with Crippen molar-refractivity contribution in [2.24, 2.45) is 0 Å². The molecule has 1 saturated heterocycles. The van der Waals surface area contributed by atoms with Crippen molar-refractivity contribution < 1.29 is 26.3 Å². The van der Waals surface area contributed by atoms with Crippen LogP contribution in [0.15, 0.2) is 0 Å². The zero-order chi connectivity index (χ0) is 18.5. The first kappa shape index (κ1) is 19.6. The van der Waals surface area contributed by atoms with Gasteiger partial charge in [-0.15, -0.1) is 0 Å². The van der Waals surface area contributed by atoms with E-state index in [1.165, 1.54) is 7.11 Å². The normalized spacial score (nSPS) is 16.1. The van der Waals surface area contributed by atoms with Crippen molar-refractivity contribution in [1.29, 1.82) is 0 Å². The molecule has 2 rings (SSSR count). The zero-order valence-electron chi connectivity index (χ0n) is 13.7. The molecule has 12 heteroatoms. The molecule has 1 aromatic rings. The van der Waals surface area contributed by atoms with Crippen molar-refractivity contribution >= 4 is 16.0 Å². The molecule has 2 heterocycles. The minimum Gasteiger partial charge on any atom is -0.467 e. The van der Waals surface area contributed by atoms with Gasteiger partial charge in [0.25, 0.3) is 0 Å². The van der Waals surface area contributed by atoms with Crippen LogP contribution in [-0.2, 0) is 16.6 Å². The highest BCUT2D eigenvalue weighted by atomic mass is 32.2. The highest BCUT2D eigenvalue weighted by Crippen LogP contribution is 2.20. The lowest BCUT2D eigenvalue weighted by Gasteiger charge is -2.26. The van der Waals surface area contributed by atoms with Crippen LogP contribution in [0.5, 0.6) is 6.01 Å². The number of methoxy groups -OCH3 is 1. The summed E-state index contributed by atoms with van der Waals surface area (Å²) in [5.41, 5.74) is 0. The maximum absolute atomic E-state index is 12.2. The Hall–Kier alpha value is -1.69. The van der Waals surface area contributed by atoms with Gasteiger partial charge in [0.2, 0.25) is 16.0 Å². The Morgan fingerprint density at radius 2 is 1.84 bits per heavy atom. The third kappa shape index (κ3) is 6.61. The molecule has 142 valence electrons. The predicted octanol–water partition coefficient (Wildman–Crippen LogP) is 1.24. The Balaban J connectivity index is 2.05. The van der Waals surface area contributed by atoms with Crippen LogP contribution in [0.25, 0.3) is 0 Å². The van der Waals surface area contributed by atoms with E-state index < -0.39 is 28.4 Å². The number of anilines is 1. The van der Waals surface area contributed by atoms with E-state index >= 15 is 0 Å². The lowest BCUT2D eigenvalue weighted by Crippen LogP contribution is -2.32.